The molecule has 4 heteroatoms. The molecular formula is C27H32O3Si. The Morgan fingerprint density at radius 2 is 1.35 bits per heavy atom. The first kappa shape index (κ1) is 22.0. The van der Waals surface area contributed by atoms with Crippen LogP contribution in [-0.2, 0) is 14.8 Å². The van der Waals surface area contributed by atoms with Crippen molar-refractivity contribution in [3.8, 4) is 0 Å². The topological polar surface area (TPSA) is 42.0 Å². The summed E-state index contributed by atoms with van der Waals surface area (Å²) in [6, 6.07) is 29.3. The van der Waals surface area contributed by atoms with Crippen molar-refractivity contribution in [2.45, 2.75) is 50.0 Å². The van der Waals surface area contributed by atoms with Crippen molar-refractivity contribution in [1.29, 1.82) is 0 Å². The van der Waals surface area contributed by atoms with E-state index >= 15 is 0 Å². The first-order valence-electron chi connectivity index (χ1n) is 11.0. The zero-order valence-electron chi connectivity index (χ0n) is 18.6. The third kappa shape index (κ3) is 5.16. The molecule has 1 unspecified atom stereocenters. The molecule has 1 N–H and O–H groups in total. The van der Waals surface area contributed by atoms with E-state index in [1.165, 1.54) is 0 Å². The zero-order valence-corrected chi connectivity index (χ0v) is 20.0. The quantitative estimate of drug-likeness (QED) is 0.305. The lowest BCUT2D eigenvalue weighted by atomic mass is 9.80. The Morgan fingerprint density at radius 3 is 1.81 bits per heavy atom. The molecule has 0 aromatic heterocycles. The van der Waals surface area contributed by atoms with Crippen LogP contribution in [-0.4, -0.2) is 27.6 Å². The van der Waals surface area contributed by atoms with Crippen LogP contribution in [0.5, 0.6) is 0 Å². The van der Waals surface area contributed by atoms with Crippen molar-refractivity contribution in [2.75, 3.05) is 6.61 Å². The number of aliphatic hydroxyl groups is 1. The van der Waals surface area contributed by atoms with Crippen LogP contribution in [0, 0.1) is 0 Å². The summed E-state index contributed by atoms with van der Waals surface area (Å²) >= 11 is 0. The van der Waals surface area contributed by atoms with Crippen LogP contribution in [0.15, 0.2) is 84.9 Å². The van der Waals surface area contributed by atoms with E-state index in [0.717, 1.165) is 28.9 Å². The number of hydrogen-bond acceptors (Lipinski definition) is 3. The van der Waals surface area contributed by atoms with Gasteiger partial charge in [0.25, 0.3) is 0 Å². The molecule has 1 fully saturated rings. The van der Waals surface area contributed by atoms with Gasteiger partial charge in [-0.25, -0.2) is 0 Å². The van der Waals surface area contributed by atoms with Gasteiger partial charge in [0, 0.05) is 6.42 Å². The van der Waals surface area contributed by atoms with Crippen molar-refractivity contribution in [3.05, 3.63) is 107 Å². The van der Waals surface area contributed by atoms with E-state index in [1.807, 2.05) is 24.3 Å². The van der Waals surface area contributed by atoms with Crippen LogP contribution in [0.4, 0.5) is 0 Å². The summed E-state index contributed by atoms with van der Waals surface area (Å²) < 4.78 is 12.3. The number of benzene rings is 3. The van der Waals surface area contributed by atoms with E-state index < -0.39 is 21.5 Å². The number of aliphatic hydroxyl groups excluding tert-OH is 1. The summed E-state index contributed by atoms with van der Waals surface area (Å²) in [6.45, 7) is 7.50. The maximum Gasteiger partial charge on any atom is 0.169 e. The fraction of sp³-hybridized carbons (Fsp3) is 0.333. The van der Waals surface area contributed by atoms with Gasteiger partial charge in [0.2, 0.25) is 0 Å². The summed E-state index contributed by atoms with van der Waals surface area (Å²) in [5, 5.41) is 10.7. The molecule has 0 aliphatic carbocycles. The molecule has 2 atom stereocenters. The molecule has 31 heavy (non-hydrogen) atoms. The van der Waals surface area contributed by atoms with Crippen molar-refractivity contribution < 1.29 is 14.3 Å². The summed E-state index contributed by atoms with van der Waals surface area (Å²) in [4.78, 5) is 0. The largest absolute Gasteiger partial charge is 0.406 e. The Labute approximate surface area is 188 Å². The summed E-state index contributed by atoms with van der Waals surface area (Å²) in [6.07, 6.45) is 0.341. The molecule has 0 saturated carbocycles. The van der Waals surface area contributed by atoms with Gasteiger partial charge >= 0.3 is 0 Å². The van der Waals surface area contributed by atoms with Crippen LogP contribution in [0.2, 0.25) is 5.04 Å². The van der Waals surface area contributed by atoms with Crippen LogP contribution in [0.1, 0.15) is 55.5 Å². The lowest BCUT2D eigenvalue weighted by molar-refractivity contribution is 0.151. The van der Waals surface area contributed by atoms with Crippen LogP contribution < -0.4 is 0 Å². The first-order valence-corrected chi connectivity index (χ1v) is 12.3. The minimum Gasteiger partial charge on any atom is -0.406 e. The van der Waals surface area contributed by atoms with Gasteiger partial charge in [-0.15, -0.1) is 0 Å². The van der Waals surface area contributed by atoms with E-state index in [9.17, 15) is 5.11 Å². The molecule has 3 nitrogen and oxygen atoms in total. The Hall–Kier alpha value is -2.24. The Bertz CT molecular complexity index is 921. The van der Waals surface area contributed by atoms with Crippen molar-refractivity contribution in [3.63, 3.8) is 0 Å². The fourth-order valence-corrected chi connectivity index (χ4v) is 5.10. The first-order chi connectivity index (χ1) is 14.9. The SMILES string of the molecule is CC(C)(C)[SiH2]OC(c1ccccc1)(c1ccccc1)c1ccc([C@@H](O)CC2CO2)cc1. The van der Waals surface area contributed by atoms with Crippen LogP contribution in [0.3, 0.4) is 0 Å². The molecule has 0 amide bonds. The Kier molecular flexibility index (Phi) is 6.44. The van der Waals surface area contributed by atoms with Crippen LogP contribution >= 0.6 is 0 Å². The molecule has 0 spiro atoms. The van der Waals surface area contributed by atoms with E-state index in [1.54, 1.807) is 0 Å². The maximum atomic E-state index is 10.6. The summed E-state index contributed by atoms with van der Waals surface area (Å²) in [5.74, 6) is 0. The molecule has 1 saturated heterocycles. The molecule has 3 aromatic carbocycles. The smallest absolute Gasteiger partial charge is 0.169 e. The van der Waals surface area contributed by atoms with Gasteiger partial charge in [0.05, 0.1) is 18.8 Å². The molecule has 3 aromatic rings. The highest BCUT2D eigenvalue weighted by Crippen LogP contribution is 2.42. The molecule has 1 heterocycles. The average Bonchev–Trinajstić information content (AvgIpc) is 3.59. The minimum absolute atomic E-state index is 0.148. The highest BCUT2D eigenvalue weighted by atomic mass is 28.2. The number of epoxide rings is 1. The van der Waals surface area contributed by atoms with Gasteiger partial charge in [-0.05, 0) is 27.3 Å². The van der Waals surface area contributed by atoms with E-state index in [2.05, 4.69) is 81.4 Å². The molecule has 162 valence electrons. The van der Waals surface area contributed by atoms with Gasteiger partial charge in [0.15, 0.2) is 9.76 Å². The van der Waals surface area contributed by atoms with E-state index in [4.69, 9.17) is 9.16 Å². The third-order valence-corrected chi connectivity index (χ3v) is 7.12. The Balaban J connectivity index is 1.80. The lowest BCUT2D eigenvalue weighted by Crippen LogP contribution is -2.36. The molecule has 1 aliphatic heterocycles. The fourth-order valence-electron chi connectivity index (χ4n) is 3.95. The summed E-state index contributed by atoms with van der Waals surface area (Å²) in [7, 11) is -0.884. The minimum atomic E-state index is -0.884. The molecule has 0 bridgehead atoms. The highest BCUT2D eigenvalue weighted by Gasteiger charge is 2.38. The van der Waals surface area contributed by atoms with Crippen molar-refractivity contribution >= 4 is 9.76 Å². The second kappa shape index (κ2) is 9.09. The Morgan fingerprint density at radius 1 is 0.871 bits per heavy atom. The number of ether oxygens (including phenoxy) is 1. The molecule has 1 aliphatic rings. The van der Waals surface area contributed by atoms with Gasteiger partial charge in [-0.1, -0.05) is 106 Å². The predicted molar refractivity (Wildman–Crippen MR) is 128 cm³/mol. The zero-order chi connectivity index (χ0) is 21.9. The summed E-state index contributed by atoms with van der Waals surface area (Å²) in [5.41, 5.74) is 3.57. The highest BCUT2D eigenvalue weighted by molar-refractivity contribution is 6.32. The second-order valence-corrected chi connectivity index (χ2v) is 12.3. The monoisotopic (exact) mass is 432 g/mol. The van der Waals surface area contributed by atoms with Crippen molar-refractivity contribution in [1.82, 2.24) is 0 Å². The molecular weight excluding hydrogens is 400 g/mol. The van der Waals surface area contributed by atoms with Gasteiger partial charge in [0.1, 0.15) is 5.60 Å². The van der Waals surface area contributed by atoms with Gasteiger partial charge in [-0.3, -0.25) is 0 Å². The predicted octanol–water partition coefficient (Wildman–Crippen LogP) is 5.12. The maximum absolute atomic E-state index is 10.6. The second-order valence-electron chi connectivity index (χ2n) is 9.59. The van der Waals surface area contributed by atoms with Crippen molar-refractivity contribution in [2.24, 2.45) is 0 Å². The molecule has 0 radical (unpaired) electrons. The lowest BCUT2D eigenvalue weighted by Gasteiger charge is -2.38. The number of rotatable bonds is 8. The van der Waals surface area contributed by atoms with Crippen LogP contribution in [0.25, 0.3) is 0 Å². The van der Waals surface area contributed by atoms with E-state index in [0.29, 0.717) is 6.42 Å². The van der Waals surface area contributed by atoms with Gasteiger partial charge < -0.3 is 14.3 Å². The molecule has 4 rings (SSSR count). The normalized spacial score (nSPS) is 17.7. The average molecular weight is 433 g/mol. The third-order valence-electron chi connectivity index (χ3n) is 5.67. The van der Waals surface area contributed by atoms with E-state index in [-0.39, 0.29) is 11.1 Å². The van der Waals surface area contributed by atoms with Gasteiger partial charge in [-0.2, -0.15) is 0 Å². The standard InChI is InChI=1S/C27H32O3Si/c1-26(2,3)31-30-27(21-10-6-4-7-11-21,22-12-8-5-9-13-22)23-16-14-20(15-17-23)25(28)18-24-19-29-24/h4-17,24-25,28H,18-19,31H2,1-3H3/t24?,25-/m0/s1. The number of hydrogen-bond donors (Lipinski definition) is 1.